The zero-order chi connectivity index (χ0) is 15.2. The number of benzene rings is 2. The number of rotatable bonds is 5. The molecule has 0 unspecified atom stereocenters. The van der Waals surface area contributed by atoms with Crippen LogP contribution in [-0.4, -0.2) is 19.1 Å². The summed E-state index contributed by atoms with van der Waals surface area (Å²) in [5.41, 5.74) is 6.65. The molecule has 0 aliphatic carbocycles. The monoisotopic (exact) mass is 352 g/mol. The molecule has 0 aromatic heterocycles. The summed E-state index contributed by atoms with van der Waals surface area (Å²) in [4.78, 5) is 11.9. The van der Waals surface area contributed by atoms with Gasteiger partial charge in [-0.2, -0.15) is 0 Å². The number of nitrogens with one attached hydrogen (secondary N) is 1. The number of nitrogen functional groups attached to an aromatic ring is 1. The van der Waals surface area contributed by atoms with Crippen LogP contribution in [0.3, 0.4) is 0 Å². The highest BCUT2D eigenvalue weighted by Crippen LogP contribution is 2.19. The largest absolute Gasteiger partial charge is 0.490 e. The first-order valence-electron chi connectivity index (χ1n) is 6.28. The number of ether oxygens (including phenoxy) is 1. The van der Waals surface area contributed by atoms with Crippen molar-refractivity contribution in [3.8, 4) is 5.75 Å². The lowest BCUT2D eigenvalue weighted by atomic mass is 10.2. The lowest BCUT2D eigenvalue weighted by Gasteiger charge is -2.10. The quantitative estimate of drug-likeness (QED) is 0.642. The minimum absolute atomic E-state index is 0.290. The maximum Gasteiger partial charge on any atom is 0.252 e. The van der Waals surface area contributed by atoms with E-state index in [0.717, 1.165) is 0 Å². The van der Waals surface area contributed by atoms with E-state index in [1.165, 1.54) is 18.2 Å². The Morgan fingerprint density at radius 1 is 1.29 bits per heavy atom. The number of anilines is 1. The summed E-state index contributed by atoms with van der Waals surface area (Å²) < 4.78 is 18.8. The Kier molecular flexibility index (Phi) is 5.16. The fraction of sp³-hybridized carbons (Fsp3) is 0.133. The van der Waals surface area contributed by atoms with Gasteiger partial charge in [-0.3, -0.25) is 4.79 Å². The van der Waals surface area contributed by atoms with Crippen molar-refractivity contribution in [2.24, 2.45) is 0 Å². The molecule has 4 nitrogen and oxygen atoms in total. The number of para-hydroxylation sites is 2. The van der Waals surface area contributed by atoms with E-state index in [9.17, 15) is 9.18 Å². The van der Waals surface area contributed by atoms with Gasteiger partial charge in [-0.15, -0.1) is 0 Å². The van der Waals surface area contributed by atoms with Crippen molar-refractivity contribution in [1.29, 1.82) is 0 Å². The number of carbonyl (C=O) groups is 1. The molecule has 0 aliphatic rings. The van der Waals surface area contributed by atoms with Crippen LogP contribution in [-0.2, 0) is 0 Å². The van der Waals surface area contributed by atoms with Gasteiger partial charge in [-0.1, -0.05) is 12.1 Å². The third-order valence-corrected chi connectivity index (χ3v) is 3.40. The van der Waals surface area contributed by atoms with Gasteiger partial charge in [0.05, 0.1) is 17.8 Å². The Balaban J connectivity index is 1.83. The van der Waals surface area contributed by atoms with E-state index in [1.54, 1.807) is 12.1 Å². The summed E-state index contributed by atoms with van der Waals surface area (Å²) in [6.07, 6.45) is 0. The minimum atomic E-state index is -0.402. The van der Waals surface area contributed by atoms with Crippen molar-refractivity contribution in [3.63, 3.8) is 0 Å². The number of hydrogen-bond donors (Lipinski definition) is 2. The van der Waals surface area contributed by atoms with Crippen molar-refractivity contribution in [2.45, 2.75) is 0 Å². The van der Waals surface area contributed by atoms with Crippen LogP contribution in [0.25, 0.3) is 0 Å². The van der Waals surface area contributed by atoms with E-state index in [0.29, 0.717) is 34.6 Å². The number of amides is 1. The zero-order valence-corrected chi connectivity index (χ0v) is 12.7. The van der Waals surface area contributed by atoms with Crippen molar-refractivity contribution >= 4 is 27.5 Å². The molecule has 2 rings (SSSR count). The average Bonchev–Trinajstić information content (AvgIpc) is 2.45. The predicted molar refractivity (Wildman–Crippen MR) is 82.8 cm³/mol. The van der Waals surface area contributed by atoms with Crippen LogP contribution in [0.5, 0.6) is 5.75 Å². The van der Waals surface area contributed by atoms with Gasteiger partial charge in [-0.05, 0) is 46.3 Å². The second-order valence-electron chi connectivity index (χ2n) is 4.27. The van der Waals surface area contributed by atoms with Crippen molar-refractivity contribution in [3.05, 3.63) is 58.3 Å². The summed E-state index contributed by atoms with van der Waals surface area (Å²) in [6, 6.07) is 11.0. The number of halogens is 2. The first kappa shape index (κ1) is 15.3. The van der Waals surface area contributed by atoms with Crippen molar-refractivity contribution in [2.75, 3.05) is 18.9 Å². The Hall–Kier alpha value is -2.08. The van der Waals surface area contributed by atoms with E-state index in [2.05, 4.69) is 21.2 Å². The molecule has 0 fully saturated rings. The Morgan fingerprint density at radius 2 is 2.05 bits per heavy atom. The molecule has 0 atom stereocenters. The van der Waals surface area contributed by atoms with Crippen molar-refractivity contribution in [1.82, 2.24) is 5.32 Å². The molecule has 3 N–H and O–H groups in total. The topological polar surface area (TPSA) is 64.3 Å². The van der Waals surface area contributed by atoms with Crippen LogP contribution >= 0.6 is 15.9 Å². The van der Waals surface area contributed by atoms with Gasteiger partial charge in [-0.25, -0.2) is 4.39 Å². The molecular weight excluding hydrogens is 339 g/mol. The Labute approximate surface area is 130 Å². The number of hydrogen-bond acceptors (Lipinski definition) is 3. The molecule has 1 amide bonds. The molecule has 0 saturated heterocycles. The highest BCUT2D eigenvalue weighted by Gasteiger charge is 2.10. The molecule has 0 bridgehead atoms. The third-order valence-electron chi connectivity index (χ3n) is 2.74. The Bertz CT molecular complexity index is 649. The Morgan fingerprint density at radius 3 is 2.76 bits per heavy atom. The fourth-order valence-electron chi connectivity index (χ4n) is 1.71. The maximum atomic E-state index is 12.9. The second kappa shape index (κ2) is 7.08. The van der Waals surface area contributed by atoms with Crippen molar-refractivity contribution < 1.29 is 13.9 Å². The normalized spacial score (nSPS) is 10.2. The summed E-state index contributed by atoms with van der Waals surface area (Å²) >= 11 is 3.15. The first-order chi connectivity index (χ1) is 10.1. The lowest BCUT2D eigenvalue weighted by Crippen LogP contribution is -2.28. The molecular formula is C15H14BrFN2O2. The van der Waals surface area contributed by atoms with Gasteiger partial charge in [0.2, 0.25) is 0 Å². The van der Waals surface area contributed by atoms with Crippen LogP contribution in [0.1, 0.15) is 10.4 Å². The van der Waals surface area contributed by atoms with E-state index in [4.69, 9.17) is 10.5 Å². The summed E-state index contributed by atoms with van der Waals surface area (Å²) in [5.74, 6) is -0.123. The summed E-state index contributed by atoms with van der Waals surface area (Å²) in [7, 11) is 0. The SMILES string of the molecule is Nc1ccccc1OCCNC(=O)c1ccc(F)cc1Br. The summed E-state index contributed by atoms with van der Waals surface area (Å²) in [5, 5.41) is 2.69. The third kappa shape index (κ3) is 4.19. The molecule has 0 heterocycles. The van der Waals surface area contributed by atoms with E-state index < -0.39 is 5.82 Å². The standard InChI is InChI=1S/C15H14BrFN2O2/c16-12-9-10(17)5-6-11(12)15(20)19-7-8-21-14-4-2-1-3-13(14)18/h1-6,9H,7-8,18H2,(H,19,20). The highest BCUT2D eigenvalue weighted by atomic mass is 79.9. The molecule has 0 spiro atoms. The van der Waals surface area contributed by atoms with E-state index in [-0.39, 0.29) is 5.91 Å². The van der Waals surface area contributed by atoms with Crippen LogP contribution < -0.4 is 15.8 Å². The molecule has 6 heteroatoms. The van der Waals surface area contributed by atoms with Gasteiger partial charge in [0.15, 0.2) is 0 Å². The molecule has 0 aliphatic heterocycles. The van der Waals surface area contributed by atoms with Crippen LogP contribution in [0, 0.1) is 5.82 Å². The van der Waals surface area contributed by atoms with Crippen LogP contribution in [0.2, 0.25) is 0 Å². The van der Waals surface area contributed by atoms with Gasteiger partial charge < -0.3 is 15.8 Å². The predicted octanol–water partition coefficient (Wildman–Crippen LogP) is 2.98. The smallest absolute Gasteiger partial charge is 0.252 e. The van der Waals surface area contributed by atoms with Gasteiger partial charge in [0, 0.05) is 4.47 Å². The number of carbonyl (C=O) groups excluding carboxylic acids is 1. The molecule has 2 aromatic carbocycles. The van der Waals surface area contributed by atoms with Gasteiger partial charge in [0.25, 0.3) is 5.91 Å². The molecule has 0 saturated carbocycles. The maximum absolute atomic E-state index is 12.9. The first-order valence-corrected chi connectivity index (χ1v) is 7.08. The van der Waals surface area contributed by atoms with Crippen LogP contribution in [0.15, 0.2) is 46.9 Å². The molecule has 2 aromatic rings. The number of nitrogens with two attached hydrogens (primary N) is 1. The van der Waals surface area contributed by atoms with Gasteiger partial charge in [0.1, 0.15) is 18.2 Å². The van der Waals surface area contributed by atoms with Gasteiger partial charge >= 0.3 is 0 Å². The second-order valence-corrected chi connectivity index (χ2v) is 5.12. The van der Waals surface area contributed by atoms with E-state index in [1.807, 2.05) is 12.1 Å². The average molecular weight is 353 g/mol. The summed E-state index contributed by atoms with van der Waals surface area (Å²) in [6.45, 7) is 0.607. The molecule has 110 valence electrons. The fourth-order valence-corrected chi connectivity index (χ4v) is 2.24. The van der Waals surface area contributed by atoms with E-state index >= 15 is 0 Å². The molecule has 0 radical (unpaired) electrons. The van der Waals surface area contributed by atoms with Crippen LogP contribution in [0.4, 0.5) is 10.1 Å². The minimum Gasteiger partial charge on any atom is -0.490 e. The lowest BCUT2D eigenvalue weighted by molar-refractivity contribution is 0.0946. The zero-order valence-electron chi connectivity index (χ0n) is 11.1. The molecule has 21 heavy (non-hydrogen) atoms. The highest BCUT2D eigenvalue weighted by molar-refractivity contribution is 9.10.